The molecule has 0 aromatic heterocycles. The molecule has 0 bridgehead atoms. The molecule has 0 aliphatic carbocycles. The van der Waals surface area contributed by atoms with E-state index >= 15 is 0 Å². The third kappa shape index (κ3) is 2.75. The quantitative estimate of drug-likeness (QED) is 0.846. The van der Waals surface area contributed by atoms with E-state index in [-0.39, 0.29) is 10.0 Å². The van der Waals surface area contributed by atoms with Gasteiger partial charge in [0.15, 0.2) is 11.6 Å². The van der Waals surface area contributed by atoms with Crippen LogP contribution in [-0.4, -0.2) is 12.5 Å². The van der Waals surface area contributed by atoms with Crippen molar-refractivity contribution < 1.29 is 13.6 Å². The fourth-order valence-electron chi connectivity index (χ4n) is 1.04. The van der Waals surface area contributed by atoms with E-state index in [0.29, 0.717) is 6.54 Å². The summed E-state index contributed by atoms with van der Waals surface area (Å²) in [5.41, 5.74) is -0.274. The Morgan fingerprint density at radius 1 is 1.40 bits per heavy atom. The van der Waals surface area contributed by atoms with Crippen molar-refractivity contribution >= 4 is 21.8 Å². The van der Waals surface area contributed by atoms with Gasteiger partial charge in [0.2, 0.25) is 0 Å². The van der Waals surface area contributed by atoms with E-state index in [0.717, 1.165) is 6.42 Å². The number of amides is 1. The SMILES string of the molecule is CCCNC(=O)c1ccc(Br)c(F)c1F. The van der Waals surface area contributed by atoms with Gasteiger partial charge in [-0.2, -0.15) is 0 Å². The van der Waals surface area contributed by atoms with Crippen molar-refractivity contribution in [2.45, 2.75) is 13.3 Å². The van der Waals surface area contributed by atoms with E-state index in [1.807, 2.05) is 6.92 Å². The lowest BCUT2D eigenvalue weighted by molar-refractivity contribution is 0.0948. The summed E-state index contributed by atoms with van der Waals surface area (Å²) < 4.78 is 26.4. The molecule has 0 spiro atoms. The fraction of sp³-hybridized carbons (Fsp3) is 0.300. The van der Waals surface area contributed by atoms with Gasteiger partial charge < -0.3 is 5.32 Å². The summed E-state index contributed by atoms with van der Waals surface area (Å²) in [5, 5.41) is 2.48. The maximum Gasteiger partial charge on any atom is 0.254 e. The van der Waals surface area contributed by atoms with Crippen LogP contribution in [0.5, 0.6) is 0 Å². The number of halogens is 3. The molecular weight excluding hydrogens is 268 g/mol. The molecule has 5 heteroatoms. The maximum atomic E-state index is 13.3. The number of nitrogens with one attached hydrogen (secondary N) is 1. The molecule has 1 amide bonds. The summed E-state index contributed by atoms with van der Waals surface area (Å²) in [6, 6.07) is 2.55. The highest BCUT2D eigenvalue weighted by Gasteiger charge is 2.16. The topological polar surface area (TPSA) is 29.1 Å². The Kier molecular flexibility index (Phi) is 4.20. The summed E-state index contributed by atoms with van der Waals surface area (Å²) in [7, 11) is 0. The Hall–Kier alpha value is -0.970. The first-order valence-corrected chi connectivity index (χ1v) is 5.29. The zero-order valence-corrected chi connectivity index (χ0v) is 9.70. The van der Waals surface area contributed by atoms with Crippen LogP contribution in [0.1, 0.15) is 23.7 Å². The standard InChI is InChI=1S/C10H10BrF2NO/c1-2-5-14-10(15)6-3-4-7(11)9(13)8(6)12/h3-4H,2,5H2,1H3,(H,14,15). The van der Waals surface area contributed by atoms with Crippen molar-refractivity contribution in [3.63, 3.8) is 0 Å². The lowest BCUT2D eigenvalue weighted by atomic mass is 10.2. The molecule has 82 valence electrons. The predicted octanol–water partition coefficient (Wildman–Crippen LogP) is 2.87. The Bertz CT molecular complexity index is 382. The lowest BCUT2D eigenvalue weighted by Gasteiger charge is -2.05. The molecule has 0 heterocycles. The molecular formula is C10H10BrF2NO. The molecule has 1 aromatic carbocycles. The minimum absolute atomic E-state index is 0.00652. The summed E-state index contributed by atoms with van der Waals surface area (Å²) in [5.74, 6) is -2.77. The van der Waals surface area contributed by atoms with Gasteiger partial charge in [0.1, 0.15) is 0 Å². The number of benzene rings is 1. The highest BCUT2D eigenvalue weighted by Crippen LogP contribution is 2.20. The van der Waals surface area contributed by atoms with Gasteiger partial charge in [-0.25, -0.2) is 8.78 Å². The molecule has 0 radical (unpaired) electrons. The number of carbonyl (C=O) groups is 1. The van der Waals surface area contributed by atoms with Gasteiger partial charge in [-0.1, -0.05) is 6.92 Å². The Labute approximate surface area is 94.8 Å². The molecule has 0 aliphatic heterocycles. The van der Waals surface area contributed by atoms with E-state index < -0.39 is 17.5 Å². The predicted molar refractivity (Wildman–Crippen MR) is 56.7 cm³/mol. The van der Waals surface area contributed by atoms with Crippen molar-refractivity contribution in [1.82, 2.24) is 5.32 Å². The first-order chi connectivity index (χ1) is 7.07. The van der Waals surface area contributed by atoms with Crippen molar-refractivity contribution in [2.75, 3.05) is 6.54 Å². The first-order valence-electron chi connectivity index (χ1n) is 4.49. The molecule has 0 atom stereocenters. The van der Waals surface area contributed by atoms with E-state index in [9.17, 15) is 13.6 Å². The third-order valence-electron chi connectivity index (χ3n) is 1.82. The monoisotopic (exact) mass is 277 g/mol. The largest absolute Gasteiger partial charge is 0.352 e. The molecule has 1 rings (SSSR count). The second-order valence-corrected chi connectivity index (χ2v) is 3.83. The third-order valence-corrected chi connectivity index (χ3v) is 2.43. The minimum Gasteiger partial charge on any atom is -0.352 e. The Morgan fingerprint density at radius 2 is 2.07 bits per heavy atom. The van der Waals surface area contributed by atoms with Gasteiger partial charge in [-0.3, -0.25) is 4.79 Å². The number of hydrogen-bond donors (Lipinski definition) is 1. The van der Waals surface area contributed by atoms with Gasteiger partial charge in [-0.15, -0.1) is 0 Å². The number of rotatable bonds is 3. The fourth-order valence-corrected chi connectivity index (χ4v) is 1.34. The van der Waals surface area contributed by atoms with Gasteiger partial charge in [0, 0.05) is 6.54 Å². The van der Waals surface area contributed by atoms with Gasteiger partial charge in [0.25, 0.3) is 5.91 Å². The summed E-state index contributed by atoms with van der Waals surface area (Å²) >= 11 is 2.84. The van der Waals surface area contributed by atoms with Crippen LogP contribution in [0.15, 0.2) is 16.6 Å². The van der Waals surface area contributed by atoms with Crippen LogP contribution >= 0.6 is 15.9 Å². The second kappa shape index (κ2) is 5.21. The minimum atomic E-state index is -1.13. The summed E-state index contributed by atoms with van der Waals surface area (Å²) in [6.45, 7) is 2.31. The second-order valence-electron chi connectivity index (χ2n) is 2.98. The number of carbonyl (C=O) groups excluding carboxylic acids is 1. The van der Waals surface area contributed by atoms with Gasteiger partial charge in [0.05, 0.1) is 10.0 Å². The zero-order valence-electron chi connectivity index (χ0n) is 8.11. The Balaban J connectivity index is 2.95. The molecule has 15 heavy (non-hydrogen) atoms. The highest BCUT2D eigenvalue weighted by atomic mass is 79.9. The molecule has 0 saturated heterocycles. The van der Waals surface area contributed by atoms with Gasteiger partial charge in [-0.05, 0) is 34.5 Å². The molecule has 1 N–H and O–H groups in total. The molecule has 0 aliphatic rings. The zero-order chi connectivity index (χ0) is 11.4. The molecule has 0 saturated carbocycles. The first kappa shape index (κ1) is 12.1. The molecule has 0 unspecified atom stereocenters. The molecule has 1 aromatic rings. The van der Waals surface area contributed by atoms with Crippen LogP contribution in [0.4, 0.5) is 8.78 Å². The van der Waals surface area contributed by atoms with Crippen LogP contribution in [0.3, 0.4) is 0 Å². The van der Waals surface area contributed by atoms with Gasteiger partial charge >= 0.3 is 0 Å². The smallest absolute Gasteiger partial charge is 0.254 e. The van der Waals surface area contributed by atoms with Crippen molar-refractivity contribution in [3.8, 4) is 0 Å². The van der Waals surface area contributed by atoms with E-state index in [1.165, 1.54) is 12.1 Å². The summed E-state index contributed by atoms with van der Waals surface area (Å²) in [6.07, 6.45) is 0.742. The lowest BCUT2D eigenvalue weighted by Crippen LogP contribution is -2.25. The van der Waals surface area contributed by atoms with Crippen molar-refractivity contribution in [2.24, 2.45) is 0 Å². The highest BCUT2D eigenvalue weighted by molar-refractivity contribution is 9.10. The normalized spacial score (nSPS) is 10.1. The van der Waals surface area contributed by atoms with Crippen LogP contribution in [0.25, 0.3) is 0 Å². The Morgan fingerprint density at radius 3 is 2.67 bits per heavy atom. The van der Waals surface area contributed by atoms with E-state index in [4.69, 9.17) is 0 Å². The van der Waals surface area contributed by atoms with Crippen molar-refractivity contribution in [3.05, 3.63) is 33.8 Å². The van der Waals surface area contributed by atoms with Crippen molar-refractivity contribution in [1.29, 1.82) is 0 Å². The van der Waals surface area contributed by atoms with E-state index in [1.54, 1.807) is 0 Å². The van der Waals surface area contributed by atoms with Crippen LogP contribution in [0.2, 0.25) is 0 Å². The van der Waals surface area contributed by atoms with Crippen LogP contribution < -0.4 is 5.32 Å². The average Bonchev–Trinajstić information content (AvgIpc) is 2.23. The average molecular weight is 278 g/mol. The summed E-state index contributed by atoms with van der Waals surface area (Å²) in [4.78, 5) is 11.4. The van der Waals surface area contributed by atoms with Crippen LogP contribution in [0, 0.1) is 11.6 Å². The number of hydrogen-bond acceptors (Lipinski definition) is 1. The molecule has 2 nitrogen and oxygen atoms in total. The van der Waals surface area contributed by atoms with Crippen LogP contribution in [-0.2, 0) is 0 Å². The maximum absolute atomic E-state index is 13.3. The van der Waals surface area contributed by atoms with E-state index in [2.05, 4.69) is 21.2 Å². The molecule has 0 fully saturated rings.